The Kier molecular flexibility index (Phi) is 5.19. The van der Waals surface area contributed by atoms with Crippen molar-refractivity contribution in [1.82, 2.24) is 28.5 Å². The molecule has 1 aliphatic rings. The first kappa shape index (κ1) is 17.6. The SMILES string of the molecule is CCn1ccnc1CN1CCN(Cc2cc(=O)n(C)c(=O)n2C)CC1. The Morgan fingerprint density at radius 3 is 2.28 bits per heavy atom. The van der Waals surface area contributed by atoms with Crippen molar-refractivity contribution in [1.29, 1.82) is 0 Å². The molecule has 0 atom stereocenters. The third kappa shape index (κ3) is 3.74. The second kappa shape index (κ2) is 7.37. The highest BCUT2D eigenvalue weighted by molar-refractivity contribution is 5.02. The lowest BCUT2D eigenvalue weighted by molar-refractivity contribution is 0.117. The molecular formula is C17H26N6O2. The molecule has 0 unspecified atom stereocenters. The molecule has 2 aromatic heterocycles. The highest BCUT2D eigenvalue weighted by atomic mass is 16.2. The van der Waals surface area contributed by atoms with Gasteiger partial charge in [-0.15, -0.1) is 0 Å². The average Bonchev–Trinajstić information content (AvgIpc) is 3.06. The first-order chi connectivity index (χ1) is 12.0. The van der Waals surface area contributed by atoms with Crippen molar-refractivity contribution in [2.75, 3.05) is 26.2 Å². The fourth-order valence-electron chi connectivity index (χ4n) is 3.24. The molecule has 8 nitrogen and oxygen atoms in total. The zero-order chi connectivity index (χ0) is 18.0. The van der Waals surface area contributed by atoms with Gasteiger partial charge in [0.2, 0.25) is 0 Å². The van der Waals surface area contributed by atoms with Crippen molar-refractivity contribution < 1.29 is 0 Å². The topological polar surface area (TPSA) is 68.3 Å². The lowest BCUT2D eigenvalue weighted by Gasteiger charge is -2.34. The Labute approximate surface area is 146 Å². The van der Waals surface area contributed by atoms with E-state index in [1.54, 1.807) is 17.7 Å². The van der Waals surface area contributed by atoms with Crippen molar-refractivity contribution in [2.24, 2.45) is 14.1 Å². The van der Waals surface area contributed by atoms with Gasteiger partial charge in [0.25, 0.3) is 5.56 Å². The number of hydrogen-bond acceptors (Lipinski definition) is 5. The number of piperazine rings is 1. The van der Waals surface area contributed by atoms with Gasteiger partial charge in [-0.3, -0.25) is 23.7 Å². The van der Waals surface area contributed by atoms with Gasteiger partial charge in [-0.25, -0.2) is 9.78 Å². The van der Waals surface area contributed by atoms with Crippen LogP contribution in [0, 0.1) is 0 Å². The van der Waals surface area contributed by atoms with E-state index in [0.717, 1.165) is 55.4 Å². The Balaban J connectivity index is 1.60. The van der Waals surface area contributed by atoms with Crippen LogP contribution >= 0.6 is 0 Å². The lowest BCUT2D eigenvalue weighted by Crippen LogP contribution is -2.47. The van der Waals surface area contributed by atoms with Gasteiger partial charge in [0.15, 0.2) is 0 Å². The number of hydrogen-bond donors (Lipinski definition) is 0. The molecule has 136 valence electrons. The van der Waals surface area contributed by atoms with Crippen LogP contribution in [-0.2, 0) is 33.7 Å². The highest BCUT2D eigenvalue weighted by Crippen LogP contribution is 2.09. The minimum Gasteiger partial charge on any atom is -0.334 e. The number of aryl methyl sites for hydroxylation is 1. The normalized spacial score (nSPS) is 16.4. The van der Waals surface area contributed by atoms with Gasteiger partial charge in [0.1, 0.15) is 5.82 Å². The van der Waals surface area contributed by atoms with E-state index in [9.17, 15) is 9.59 Å². The van der Waals surface area contributed by atoms with Crippen molar-refractivity contribution in [3.8, 4) is 0 Å². The van der Waals surface area contributed by atoms with E-state index in [-0.39, 0.29) is 11.2 Å². The van der Waals surface area contributed by atoms with Crippen molar-refractivity contribution >= 4 is 0 Å². The third-order valence-electron chi connectivity index (χ3n) is 4.98. The van der Waals surface area contributed by atoms with Gasteiger partial charge < -0.3 is 4.57 Å². The average molecular weight is 346 g/mol. The molecule has 8 heteroatoms. The quantitative estimate of drug-likeness (QED) is 0.738. The molecule has 0 aliphatic carbocycles. The molecule has 25 heavy (non-hydrogen) atoms. The minimum absolute atomic E-state index is 0.247. The van der Waals surface area contributed by atoms with E-state index in [2.05, 4.69) is 26.3 Å². The maximum atomic E-state index is 12.0. The summed E-state index contributed by atoms with van der Waals surface area (Å²) in [4.78, 5) is 33.0. The predicted molar refractivity (Wildman–Crippen MR) is 95.4 cm³/mol. The molecule has 0 saturated carbocycles. The Hall–Kier alpha value is -2.19. The summed E-state index contributed by atoms with van der Waals surface area (Å²) in [7, 11) is 3.23. The van der Waals surface area contributed by atoms with Crippen LogP contribution < -0.4 is 11.2 Å². The summed E-state index contributed by atoms with van der Waals surface area (Å²) >= 11 is 0. The predicted octanol–water partition coefficient (Wildman–Crippen LogP) is -0.382. The van der Waals surface area contributed by atoms with Crippen LogP contribution in [0.4, 0.5) is 0 Å². The Bertz CT molecular complexity index is 842. The largest absolute Gasteiger partial charge is 0.334 e. The van der Waals surface area contributed by atoms with Gasteiger partial charge in [-0.1, -0.05) is 0 Å². The van der Waals surface area contributed by atoms with Gasteiger partial charge in [0.05, 0.1) is 6.54 Å². The van der Waals surface area contributed by atoms with E-state index in [4.69, 9.17) is 0 Å². The van der Waals surface area contributed by atoms with E-state index >= 15 is 0 Å². The molecule has 3 heterocycles. The van der Waals surface area contributed by atoms with Crippen LogP contribution in [0.15, 0.2) is 28.0 Å². The van der Waals surface area contributed by atoms with Gasteiger partial charge in [-0.05, 0) is 6.92 Å². The van der Waals surface area contributed by atoms with Crippen molar-refractivity contribution in [3.05, 3.63) is 50.8 Å². The fraction of sp³-hybridized carbons (Fsp3) is 0.588. The number of nitrogens with zero attached hydrogens (tertiary/aromatic N) is 6. The molecule has 0 aromatic carbocycles. The van der Waals surface area contributed by atoms with Gasteiger partial charge in [-0.2, -0.15) is 0 Å². The van der Waals surface area contributed by atoms with Crippen LogP contribution in [0.2, 0.25) is 0 Å². The summed E-state index contributed by atoms with van der Waals surface area (Å²) in [6, 6.07) is 1.56. The molecule has 0 N–H and O–H groups in total. The van der Waals surface area contributed by atoms with Crippen molar-refractivity contribution in [2.45, 2.75) is 26.6 Å². The molecule has 0 spiro atoms. The van der Waals surface area contributed by atoms with Crippen LogP contribution in [0.5, 0.6) is 0 Å². The molecule has 1 aliphatic heterocycles. The Morgan fingerprint density at radius 1 is 1.00 bits per heavy atom. The van der Waals surface area contributed by atoms with E-state index in [0.29, 0.717) is 6.54 Å². The fourth-order valence-corrected chi connectivity index (χ4v) is 3.24. The molecular weight excluding hydrogens is 320 g/mol. The highest BCUT2D eigenvalue weighted by Gasteiger charge is 2.19. The summed E-state index contributed by atoms with van der Waals surface area (Å²) in [5.41, 5.74) is 0.249. The maximum absolute atomic E-state index is 12.0. The summed E-state index contributed by atoms with van der Waals surface area (Å²) in [5, 5.41) is 0. The Morgan fingerprint density at radius 2 is 1.64 bits per heavy atom. The third-order valence-corrected chi connectivity index (χ3v) is 4.98. The van der Waals surface area contributed by atoms with Gasteiger partial charge in [0, 0.05) is 77.5 Å². The summed E-state index contributed by atoms with van der Waals surface area (Å²) in [5.74, 6) is 1.10. The molecule has 0 radical (unpaired) electrons. The first-order valence-corrected chi connectivity index (χ1v) is 8.70. The number of rotatable bonds is 5. The molecule has 1 fully saturated rings. The standard InChI is InChI=1S/C17H26N6O2/c1-4-23-6-5-18-15(23)13-22-9-7-21(8-10-22)12-14-11-16(24)20(3)17(25)19(14)2/h5-6,11H,4,7-10,12-13H2,1-3H3. The molecule has 0 bridgehead atoms. The van der Waals surface area contributed by atoms with E-state index < -0.39 is 0 Å². The smallest absolute Gasteiger partial charge is 0.330 e. The second-order valence-corrected chi connectivity index (χ2v) is 6.56. The van der Waals surface area contributed by atoms with E-state index in [1.807, 2.05) is 12.4 Å². The van der Waals surface area contributed by atoms with Gasteiger partial charge >= 0.3 is 5.69 Å². The second-order valence-electron chi connectivity index (χ2n) is 6.56. The number of aromatic nitrogens is 4. The molecule has 0 amide bonds. The van der Waals surface area contributed by atoms with Crippen LogP contribution in [0.25, 0.3) is 0 Å². The monoisotopic (exact) mass is 346 g/mol. The van der Waals surface area contributed by atoms with E-state index in [1.165, 1.54) is 7.05 Å². The van der Waals surface area contributed by atoms with Crippen LogP contribution in [-0.4, -0.2) is 54.7 Å². The lowest BCUT2D eigenvalue weighted by atomic mass is 10.2. The first-order valence-electron chi connectivity index (χ1n) is 8.70. The zero-order valence-electron chi connectivity index (χ0n) is 15.2. The molecule has 1 saturated heterocycles. The summed E-state index contributed by atoms with van der Waals surface area (Å²) < 4.78 is 4.87. The summed E-state index contributed by atoms with van der Waals surface area (Å²) in [6.07, 6.45) is 3.87. The van der Waals surface area contributed by atoms with Crippen LogP contribution in [0.3, 0.4) is 0 Å². The molecule has 2 aromatic rings. The van der Waals surface area contributed by atoms with Crippen LogP contribution in [0.1, 0.15) is 18.4 Å². The maximum Gasteiger partial charge on any atom is 0.330 e. The van der Waals surface area contributed by atoms with Crippen molar-refractivity contribution in [3.63, 3.8) is 0 Å². The zero-order valence-corrected chi connectivity index (χ0v) is 15.2. The minimum atomic E-state index is -0.271. The number of imidazole rings is 1. The summed E-state index contributed by atoms with van der Waals surface area (Å²) in [6.45, 7) is 8.28. The molecule has 3 rings (SSSR count).